The highest BCUT2D eigenvalue weighted by Gasteiger charge is 2.17. The van der Waals surface area contributed by atoms with Gasteiger partial charge in [-0.1, -0.05) is 0 Å². The summed E-state index contributed by atoms with van der Waals surface area (Å²) in [5.74, 6) is 2.02. The Morgan fingerprint density at radius 3 is 2.40 bits per heavy atom. The molecule has 5 heteroatoms. The Balaban J connectivity index is 2.87. The molecular weight excluding hydrogens is 322 g/mol. The standard InChI is InChI=1S/C15H14BrNO3/c1-18-11-7-10-6-9(4-5-17)14(16)15(20-3)13(10)12(8-11)19-2/h6-8H,4H2,1-3H3. The molecule has 0 N–H and O–H groups in total. The van der Waals surface area contributed by atoms with Gasteiger partial charge < -0.3 is 14.2 Å². The Hall–Kier alpha value is -1.93. The number of nitriles is 1. The van der Waals surface area contributed by atoms with E-state index in [1.807, 2.05) is 12.1 Å². The van der Waals surface area contributed by atoms with Crippen molar-refractivity contribution in [1.29, 1.82) is 5.26 Å². The van der Waals surface area contributed by atoms with E-state index >= 15 is 0 Å². The van der Waals surface area contributed by atoms with E-state index in [0.717, 1.165) is 20.8 Å². The number of halogens is 1. The third kappa shape index (κ3) is 2.39. The molecule has 0 aromatic heterocycles. The molecule has 0 heterocycles. The van der Waals surface area contributed by atoms with Crippen molar-refractivity contribution >= 4 is 26.7 Å². The Morgan fingerprint density at radius 2 is 1.85 bits per heavy atom. The smallest absolute Gasteiger partial charge is 0.144 e. The van der Waals surface area contributed by atoms with Crippen LogP contribution in [0.25, 0.3) is 10.8 Å². The first kappa shape index (κ1) is 14.5. The van der Waals surface area contributed by atoms with Gasteiger partial charge in [0.1, 0.15) is 17.2 Å². The molecule has 0 aliphatic carbocycles. The minimum Gasteiger partial charge on any atom is -0.497 e. The summed E-state index contributed by atoms with van der Waals surface area (Å²) in [5.41, 5.74) is 0.868. The maximum atomic E-state index is 8.92. The van der Waals surface area contributed by atoms with Gasteiger partial charge >= 0.3 is 0 Å². The highest BCUT2D eigenvalue weighted by atomic mass is 79.9. The lowest BCUT2D eigenvalue weighted by Gasteiger charge is -2.15. The first-order chi connectivity index (χ1) is 9.65. The number of rotatable bonds is 4. The number of hydrogen-bond donors (Lipinski definition) is 0. The highest BCUT2D eigenvalue weighted by molar-refractivity contribution is 9.10. The number of fused-ring (bicyclic) bond motifs is 1. The van der Waals surface area contributed by atoms with Gasteiger partial charge in [-0.05, 0) is 39.0 Å². The van der Waals surface area contributed by atoms with Crippen LogP contribution in [0.4, 0.5) is 0 Å². The van der Waals surface area contributed by atoms with Gasteiger partial charge in [0.15, 0.2) is 0 Å². The minimum absolute atomic E-state index is 0.298. The molecule has 0 amide bonds. The summed E-state index contributed by atoms with van der Waals surface area (Å²) < 4.78 is 17.0. The van der Waals surface area contributed by atoms with Crippen molar-refractivity contribution in [3.63, 3.8) is 0 Å². The summed E-state index contributed by atoms with van der Waals surface area (Å²) in [6.45, 7) is 0. The molecule has 2 aromatic rings. The summed E-state index contributed by atoms with van der Waals surface area (Å²) in [4.78, 5) is 0. The third-order valence-electron chi connectivity index (χ3n) is 3.07. The van der Waals surface area contributed by atoms with E-state index in [9.17, 15) is 0 Å². The number of methoxy groups -OCH3 is 3. The second kappa shape index (κ2) is 6.02. The molecule has 4 nitrogen and oxygen atoms in total. The van der Waals surface area contributed by atoms with Crippen LogP contribution in [0.3, 0.4) is 0 Å². The molecular formula is C15H14BrNO3. The van der Waals surface area contributed by atoms with Gasteiger partial charge in [-0.25, -0.2) is 0 Å². The second-order valence-corrected chi connectivity index (χ2v) is 4.94. The molecule has 0 saturated heterocycles. The maximum Gasteiger partial charge on any atom is 0.144 e. The van der Waals surface area contributed by atoms with Crippen molar-refractivity contribution in [3.05, 3.63) is 28.2 Å². The fourth-order valence-corrected chi connectivity index (χ4v) is 2.77. The van der Waals surface area contributed by atoms with Crippen LogP contribution in [0.1, 0.15) is 5.56 Å². The topological polar surface area (TPSA) is 51.5 Å². The van der Waals surface area contributed by atoms with Gasteiger partial charge in [0.05, 0.1) is 43.7 Å². The second-order valence-electron chi connectivity index (χ2n) is 4.15. The Bertz CT molecular complexity index is 692. The van der Waals surface area contributed by atoms with Crippen molar-refractivity contribution in [2.75, 3.05) is 21.3 Å². The summed E-state index contributed by atoms with van der Waals surface area (Å²) in [7, 11) is 4.80. The lowest BCUT2D eigenvalue weighted by atomic mass is 10.0. The predicted octanol–water partition coefficient (Wildman–Crippen LogP) is 3.69. The molecule has 0 saturated carbocycles. The largest absolute Gasteiger partial charge is 0.497 e. The number of nitrogens with zero attached hydrogens (tertiary/aromatic N) is 1. The quantitative estimate of drug-likeness (QED) is 0.854. The maximum absolute atomic E-state index is 8.92. The molecule has 0 radical (unpaired) electrons. The average Bonchev–Trinajstić information content (AvgIpc) is 2.47. The van der Waals surface area contributed by atoms with Gasteiger partial charge in [-0.3, -0.25) is 0 Å². The van der Waals surface area contributed by atoms with E-state index in [0.29, 0.717) is 23.7 Å². The first-order valence-electron chi connectivity index (χ1n) is 5.94. The Labute approximate surface area is 126 Å². The lowest BCUT2D eigenvalue weighted by Crippen LogP contribution is -1.96. The van der Waals surface area contributed by atoms with Crippen molar-refractivity contribution in [2.24, 2.45) is 0 Å². The minimum atomic E-state index is 0.298. The SMILES string of the molecule is COc1cc(OC)c2c(OC)c(Br)c(CC#N)cc2c1. The van der Waals surface area contributed by atoms with Crippen molar-refractivity contribution in [3.8, 4) is 23.3 Å². The normalized spacial score (nSPS) is 10.2. The highest BCUT2D eigenvalue weighted by Crippen LogP contribution is 2.43. The summed E-state index contributed by atoms with van der Waals surface area (Å²) >= 11 is 3.50. The molecule has 2 aromatic carbocycles. The van der Waals surface area contributed by atoms with Crippen molar-refractivity contribution < 1.29 is 14.2 Å². The van der Waals surface area contributed by atoms with E-state index in [1.54, 1.807) is 27.4 Å². The molecule has 0 aliphatic heterocycles. The van der Waals surface area contributed by atoms with Crippen LogP contribution in [-0.4, -0.2) is 21.3 Å². The van der Waals surface area contributed by atoms with Crippen molar-refractivity contribution in [1.82, 2.24) is 0 Å². The monoisotopic (exact) mass is 335 g/mol. The third-order valence-corrected chi connectivity index (χ3v) is 3.94. The Kier molecular flexibility index (Phi) is 4.35. The number of ether oxygens (including phenoxy) is 3. The van der Waals surface area contributed by atoms with Crippen LogP contribution in [0.2, 0.25) is 0 Å². The molecule has 0 bridgehead atoms. The van der Waals surface area contributed by atoms with Crippen LogP contribution in [-0.2, 0) is 6.42 Å². The van der Waals surface area contributed by atoms with Crippen LogP contribution in [0, 0.1) is 11.3 Å². The molecule has 104 valence electrons. The van der Waals surface area contributed by atoms with Gasteiger partial charge in [0.25, 0.3) is 0 Å². The number of benzene rings is 2. The van der Waals surface area contributed by atoms with E-state index < -0.39 is 0 Å². The van der Waals surface area contributed by atoms with E-state index in [1.165, 1.54) is 0 Å². The zero-order chi connectivity index (χ0) is 14.7. The molecule has 0 unspecified atom stereocenters. The molecule has 0 spiro atoms. The van der Waals surface area contributed by atoms with Crippen LogP contribution >= 0.6 is 15.9 Å². The molecule has 0 atom stereocenters. The molecule has 20 heavy (non-hydrogen) atoms. The first-order valence-corrected chi connectivity index (χ1v) is 6.73. The molecule has 0 fully saturated rings. The summed E-state index contributed by atoms with van der Waals surface area (Å²) in [6, 6.07) is 7.79. The van der Waals surface area contributed by atoms with Crippen LogP contribution < -0.4 is 14.2 Å². The van der Waals surface area contributed by atoms with Crippen LogP contribution in [0.15, 0.2) is 22.7 Å². The van der Waals surface area contributed by atoms with E-state index in [2.05, 4.69) is 22.0 Å². The molecule has 2 rings (SSSR count). The van der Waals surface area contributed by atoms with Gasteiger partial charge in [-0.2, -0.15) is 5.26 Å². The van der Waals surface area contributed by atoms with Crippen LogP contribution in [0.5, 0.6) is 17.2 Å². The van der Waals surface area contributed by atoms with E-state index in [4.69, 9.17) is 19.5 Å². The summed E-state index contributed by atoms with van der Waals surface area (Å²) in [6.07, 6.45) is 0.298. The lowest BCUT2D eigenvalue weighted by molar-refractivity contribution is 0.392. The molecule has 0 aliphatic rings. The summed E-state index contributed by atoms with van der Waals surface area (Å²) in [5, 5.41) is 10.7. The van der Waals surface area contributed by atoms with Gasteiger partial charge in [0.2, 0.25) is 0 Å². The van der Waals surface area contributed by atoms with Gasteiger partial charge in [0, 0.05) is 6.07 Å². The predicted molar refractivity (Wildman–Crippen MR) is 80.6 cm³/mol. The average molecular weight is 336 g/mol. The fraction of sp³-hybridized carbons (Fsp3) is 0.267. The van der Waals surface area contributed by atoms with Crippen molar-refractivity contribution in [2.45, 2.75) is 6.42 Å². The zero-order valence-electron chi connectivity index (χ0n) is 11.5. The van der Waals surface area contributed by atoms with E-state index in [-0.39, 0.29) is 0 Å². The Morgan fingerprint density at radius 1 is 1.10 bits per heavy atom. The number of hydrogen-bond acceptors (Lipinski definition) is 4. The van der Waals surface area contributed by atoms with Gasteiger partial charge in [-0.15, -0.1) is 0 Å². The zero-order valence-corrected chi connectivity index (χ0v) is 13.1. The fourth-order valence-electron chi connectivity index (χ4n) is 2.16.